The SMILES string of the molecule is CC(C)n1cc(CC(=O)c2ccccc2)ccc1=O. The Labute approximate surface area is 112 Å². The summed E-state index contributed by atoms with van der Waals surface area (Å²) in [7, 11) is 0. The minimum Gasteiger partial charge on any atom is -0.313 e. The third-order valence-corrected chi connectivity index (χ3v) is 3.02. The van der Waals surface area contributed by atoms with Gasteiger partial charge in [-0.05, 0) is 19.4 Å². The molecule has 0 spiro atoms. The van der Waals surface area contributed by atoms with Crippen LogP contribution < -0.4 is 5.56 Å². The van der Waals surface area contributed by atoms with Crippen molar-refractivity contribution in [2.24, 2.45) is 0 Å². The summed E-state index contributed by atoms with van der Waals surface area (Å²) in [6.45, 7) is 3.90. The highest BCUT2D eigenvalue weighted by atomic mass is 16.1. The van der Waals surface area contributed by atoms with Crippen molar-refractivity contribution in [1.29, 1.82) is 0 Å². The second kappa shape index (κ2) is 5.65. The van der Waals surface area contributed by atoms with Crippen molar-refractivity contribution in [2.75, 3.05) is 0 Å². The number of benzene rings is 1. The fourth-order valence-electron chi connectivity index (χ4n) is 1.97. The van der Waals surface area contributed by atoms with Crippen molar-refractivity contribution in [3.05, 3.63) is 70.1 Å². The predicted octanol–water partition coefficient (Wildman–Crippen LogP) is 2.85. The number of hydrogen-bond donors (Lipinski definition) is 0. The Morgan fingerprint density at radius 1 is 1.11 bits per heavy atom. The molecule has 2 aromatic rings. The van der Waals surface area contributed by atoms with Crippen LogP contribution in [-0.2, 0) is 6.42 Å². The molecule has 3 nitrogen and oxygen atoms in total. The van der Waals surface area contributed by atoms with Crippen molar-refractivity contribution in [3.8, 4) is 0 Å². The molecule has 0 aliphatic carbocycles. The van der Waals surface area contributed by atoms with Gasteiger partial charge in [-0.25, -0.2) is 0 Å². The fourth-order valence-corrected chi connectivity index (χ4v) is 1.97. The molecule has 0 atom stereocenters. The second-order valence-corrected chi connectivity index (χ2v) is 4.84. The van der Waals surface area contributed by atoms with Crippen LogP contribution in [0.4, 0.5) is 0 Å². The van der Waals surface area contributed by atoms with Gasteiger partial charge < -0.3 is 4.57 Å². The summed E-state index contributed by atoms with van der Waals surface area (Å²) in [6.07, 6.45) is 2.09. The van der Waals surface area contributed by atoms with E-state index in [2.05, 4.69) is 0 Å². The minimum atomic E-state index is -0.0362. The van der Waals surface area contributed by atoms with Crippen molar-refractivity contribution in [2.45, 2.75) is 26.3 Å². The quantitative estimate of drug-likeness (QED) is 0.788. The maximum atomic E-state index is 12.1. The Morgan fingerprint density at radius 3 is 2.42 bits per heavy atom. The number of aromatic nitrogens is 1. The lowest BCUT2D eigenvalue weighted by molar-refractivity contribution is 0.0992. The van der Waals surface area contributed by atoms with Gasteiger partial charge in [-0.1, -0.05) is 36.4 Å². The van der Waals surface area contributed by atoms with E-state index in [1.807, 2.05) is 32.0 Å². The molecule has 0 saturated carbocycles. The predicted molar refractivity (Wildman–Crippen MR) is 75.6 cm³/mol. The number of carbonyl (C=O) groups excluding carboxylic acids is 1. The number of nitrogens with zero attached hydrogens (tertiary/aromatic N) is 1. The normalized spacial score (nSPS) is 10.7. The van der Waals surface area contributed by atoms with E-state index in [1.54, 1.807) is 29.0 Å². The van der Waals surface area contributed by atoms with Gasteiger partial charge in [-0.3, -0.25) is 9.59 Å². The smallest absolute Gasteiger partial charge is 0.250 e. The van der Waals surface area contributed by atoms with Crippen LogP contribution in [0.2, 0.25) is 0 Å². The third-order valence-electron chi connectivity index (χ3n) is 3.02. The van der Waals surface area contributed by atoms with Crippen LogP contribution in [0, 0.1) is 0 Å². The molecular formula is C16H17NO2. The lowest BCUT2D eigenvalue weighted by atomic mass is 10.0. The Bertz CT molecular complexity index is 627. The standard InChI is InChI=1S/C16H17NO2/c1-12(2)17-11-13(8-9-16(17)19)10-15(18)14-6-4-3-5-7-14/h3-9,11-12H,10H2,1-2H3. The molecule has 0 bridgehead atoms. The van der Waals surface area contributed by atoms with Crippen molar-refractivity contribution < 1.29 is 4.79 Å². The van der Waals surface area contributed by atoms with Gasteiger partial charge in [-0.2, -0.15) is 0 Å². The molecule has 98 valence electrons. The van der Waals surface area contributed by atoms with E-state index in [0.29, 0.717) is 12.0 Å². The third kappa shape index (κ3) is 3.19. The monoisotopic (exact) mass is 255 g/mol. The summed E-state index contributed by atoms with van der Waals surface area (Å²) < 4.78 is 1.65. The van der Waals surface area contributed by atoms with Crippen molar-refractivity contribution in [1.82, 2.24) is 4.57 Å². The highest BCUT2D eigenvalue weighted by molar-refractivity contribution is 5.97. The molecule has 1 aromatic carbocycles. The first-order chi connectivity index (χ1) is 9.08. The van der Waals surface area contributed by atoms with E-state index in [1.165, 1.54) is 6.07 Å². The number of ketones is 1. The fraction of sp³-hybridized carbons (Fsp3) is 0.250. The van der Waals surface area contributed by atoms with Crippen LogP contribution in [-0.4, -0.2) is 10.4 Å². The van der Waals surface area contributed by atoms with E-state index < -0.39 is 0 Å². The van der Waals surface area contributed by atoms with Gasteiger partial charge in [0.2, 0.25) is 0 Å². The molecule has 0 aliphatic rings. The number of carbonyl (C=O) groups is 1. The molecule has 1 heterocycles. The molecule has 0 aliphatic heterocycles. The Kier molecular flexibility index (Phi) is 3.95. The number of pyridine rings is 1. The summed E-state index contributed by atoms with van der Waals surface area (Å²) >= 11 is 0. The van der Waals surface area contributed by atoms with E-state index in [9.17, 15) is 9.59 Å². The average molecular weight is 255 g/mol. The van der Waals surface area contributed by atoms with E-state index in [-0.39, 0.29) is 17.4 Å². The Balaban J connectivity index is 2.23. The summed E-state index contributed by atoms with van der Waals surface area (Å²) in [5, 5.41) is 0. The first-order valence-electron chi connectivity index (χ1n) is 6.37. The maximum Gasteiger partial charge on any atom is 0.250 e. The molecule has 3 heteroatoms. The van der Waals surface area contributed by atoms with Gasteiger partial charge in [-0.15, -0.1) is 0 Å². The summed E-state index contributed by atoms with van der Waals surface area (Å²) in [4.78, 5) is 23.7. The zero-order valence-corrected chi connectivity index (χ0v) is 11.2. The van der Waals surface area contributed by atoms with E-state index in [4.69, 9.17) is 0 Å². The Morgan fingerprint density at radius 2 is 1.79 bits per heavy atom. The van der Waals surface area contributed by atoms with Crippen LogP contribution in [0.5, 0.6) is 0 Å². The summed E-state index contributed by atoms with van der Waals surface area (Å²) in [5.41, 5.74) is 1.53. The minimum absolute atomic E-state index is 0.0362. The molecule has 0 unspecified atom stereocenters. The lowest BCUT2D eigenvalue weighted by Crippen LogP contribution is -2.21. The molecule has 2 rings (SSSR count). The van der Waals surface area contributed by atoms with E-state index >= 15 is 0 Å². The van der Waals surface area contributed by atoms with Crippen LogP contribution in [0.15, 0.2) is 53.5 Å². The maximum absolute atomic E-state index is 12.1. The topological polar surface area (TPSA) is 39.1 Å². The highest BCUT2D eigenvalue weighted by Crippen LogP contribution is 2.08. The first-order valence-corrected chi connectivity index (χ1v) is 6.37. The molecular weight excluding hydrogens is 238 g/mol. The Hall–Kier alpha value is -2.16. The molecule has 19 heavy (non-hydrogen) atoms. The summed E-state index contributed by atoms with van der Waals surface area (Å²) in [6, 6.07) is 12.5. The van der Waals surface area contributed by atoms with Gasteiger partial charge in [0.25, 0.3) is 5.56 Å². The van der Waals surface area contributed by atoms with Crippen LogP contribution in [0.25, 0.3) is 0 Å². The average Bonchev–Trinajstić information content (AvgIpc) is 2.41. The molecule has 1 aromatic heterocycles. The largest absolute Gasteiger partial charge is 0.313 e. The number of Topliss-reactive ketones (excluding diaryl/α,β-unsaturated/α-hetero) is 1. The van der Waals surface area contributed by atoms with Gasteiger partial charge >= 0.3 is 0 Å². The molecule has 0 fully saturated rings. The molecule has 0 radical (unpaired) electrons. The van der Waals surface area contributed by atoms with E-state index in [0.717, 1.165) is 5.56 Å². The van der Waals surface area contributed by atoms with Crippen molar-refractivity contribution >= 4 is 5.78 Å². The van der Waals surface area contributed by atoms with Gasteiger partial charge in [0.1, 0.15) is 0 Å². The van der Waals surface area contributed by atoms with Gasteiger partial charge in [0.05, 0.1) is 0 Å². The molecule has 0 amide bonds. The lowest BCUT2D eigenvalue weighted by Gasteiger charge is -2.11. The van der Waals surface area contributed by atoms with Crippen molar-refractivity contribution in [3.63, 3.8) is 0 Å². The van der Waals surface area contributed by atoms with Gasteiger partial charge in [0, 0.05) is 30.3 Å². The second-order valence-electron chi connectivity index (χ2n) is 4.84. The zero-order valence-electron chi connectivity index (χ0n) is 11.2. The highest BCUT2D eigenvalue weighted by Gasteiger charge is 2.08. The zero-order chi connectivity index (χ0) is 13.8. The molecule has 0 N–H and O–H groups in total. The van der Waals surface area contributed by atoms with Crippen LogP contribution in [0.3, 0.4) is 0 Å². The van der Waals surface area contributed by atoms with Gasteiger partial charge in [0.15, 0.2) is 5.78 Å². The number of hydrogen-bond acceptors (Lipinski definition) is 2. The summed E-state index contributed by atoms with van der Waals surface area (Å²) in [5.74, 6) is 0.0644. The number of rotatable bonds is 4. The van der Waals surface area contributed by atoms with Crippen LogP contribution in [0.1, 0.15) is 35.8 Å². The molecule has 0 saturated heterocycles. The van der Waals surface area contributed by atoms with Crippen LogP contribution >= 0.6 is 0 Å². The first kappa shape index (κ1) is 13.3.